The molecule has 5 heteroatoms. The zero-order valence-electron chi connectivity index (χ0n) is 12.3. The number of nitrogens with zero attached hydrogens (tertiary/aromatic N) is 1. The molecule has 19 heavy (non-hydrogen) atoms. The summed E-state index contributed by atoms with van der Waals surface area (Å²) in [5.74, 6) is -0.129. The van der Waals surface area contributed by atoms with Gasteiger partial charge in [-0.2, -0.15) is 0 Å². The second-order valence-electron chi connectivity index (χ2n) is 6.16. The lowest BCUT2D eigenvalue weighted by molar-refractivity contribution is -0.139. The van der Waals surface area contributed by atoms with Crippen molar-refractivity contribution in [3.05, 3.63) is 0 Å². The van der Waals surface area contributed by atoms with Gasteiger partial charge in [-0.3, -0.25) is 0 Å². The van der Waals surface area contributed by atoms with Gasteiger partial charge < -0.3 is 15.3 Å². The minimum atomic E-state index is -0.961. The average molecular weight is 270 g/mol. The Morgan fingerprint density at radius 3 is 2.21 bits per heavy atom. The number of urea groups is 1. The fraction of sp³-hybridized carbons (Fsp3) is 0.857. The molecule has 2 amide bonds. The highest BCUT2D eigenvalue weighted by Gasteiger charge is 2.30. The van der Waals surface area contributed by atoms with Crippen molar-refractivity contribution in [1.82, 2.24) is 10.2 Å². The maximum absolute atomic E-state index is 12.2. The van der Waals surface area contributed by atoms with E-state index in [9.17, 15) is 9.59 Å². The van der Waals surface area contributed by atoms with E-state index in [0.29, 0.717) is 12.3 Å². The monoisotopic (exact) mass is 270 g/mol. The summed E-state index contributed by atoms with van der Waals surface area (Å²) in [5.41, 5.74) is 0. The van der Waals surface area contributed by atoms with Crippen LogP contribution in [0.2, 0.25) is 0 Å². The van der Waals surface area contributed by atoms with Crippen LogP contribution < -0.4 is 5.32 Å². The number of hydrogen-bond acceptors (Lipinski definition) is 2. The number of carbonyl (C=O) groups is 2. The van der Waals surface area contributed by atoms with Gasteiger partial charge in [0.15, 0.2) is 0 Å². The topological polar surface area (TPSA) is 69.6 Å². The molecule has 0 aromatic heterocycles. The van der Waals surface area contributed by atoms with Gasteiger partial charge in [0.05, 0.1) is 0 Å². The van der Waals surface area contributed by atoms with Gasteiger partial charge in [0.25, 0.3) is 0 Å². The number of carboxylic acid groups (broad SMARTS) is 1. The van der Waals surface area contributed by atoms with E-state index in [1.807, 2.05) is 27.7 Å². The lowest BCUT2D eigenvalue weighted by Gasteiger charge is -2.29. The second-order valence-corrected chi connectivity index (χ2v) is 6.16. The van der Waals surface area contributed by atoms with Gasteiger partial charge in [-0.05, 0) is 44.9 Å². The molecule has 0 aromatic carbocycles. The highest BCUT2D eigenvalue weighted by molar-refractivity contribution is 5.82. The van der Waals surface area contributed by atoms with Crippen LogP contribution in [0.5, 0.6) is 0 Å². The highest BCUT2D eigenvalue weighted by Crippen LogP contribution is 2.30. The maximum atomic E-state index is 12.2. The van der Waals surface area contributed by atoms with Crippen molar-refractivity contribution in [3.8, 4) is 0 Å². The summed E-state index contributed by atoms with van der Waals surface area (Å²) in [6, 6.07) is -0.961. The molecule has 0 saturated heterocycles. The summed E-state index contributed by atoms with van der Waals surface area (Å²) < 4.78 is 0. The summed E-state index contributed by atoms with van der Waals surface area (Å²) in [4.78, 5) is 25.1. The summed E-state index contributed by atoms with van der Waals surface area (Å²) in [5, 5.41) is 11.8. The molecule has 0 spiro atoms. The second kappa shape index (κ2) is 6.78. The molecule has 1 rings (SSSR count). The van der Waals surface area contributed by atoms with Crippen LogP contribution in [0.1, 0.15) is 47.0 Å². The van der Waals surface area contributed by atoms with Gasteiger partial charge in [0, 0.05) is 12.6 Å². The van der Waals surface area contributed by atoms with Crippen LogP contribution in [0.25, 0.3) is 0 Å². The molecular weight excluding hydrogens is 244 g/mol. The van der Waals surface area contributed by atoms with Gasteiger partial charge >= 0.3 is 12.0 Å². The number of aliphatic carboxylic acids is 1. The third-order valence-corrected chi connectivity index (χ3v) is 3.34. The molecular formula is C14H26N2O3. The smallest absolute Gasteiger partial charge is 0.326 e. The number of carboxylic acids is 1. The zero-order chi connectivity index (χ0) is 14.6. The molecule has 0 unspecified atom stereocenters. The first-order valence-electron chi connectivity index (χ1n) is 7.11. The van der Waals surface area contributed by atoms with Crippen molar-refractivity contribution in [2.24, 2.45) is 11.8 Å². The Hall–Kier alpha value is -1.26. The van der Waals surface area contributed by atoms with E-state index >= 15 is 0 Å². The lowest BCUT2D eigenvalue weighted by atomic mass is 10.0. The van der Waals surface area contributed by atoms with E-state index in [-0.39, 0.29) is 18.0 Å². The fourth-order valence-electron chi connectivity index (χ4n) is 2.03. The van der Waals surface area contributed by atoms with E-state index in [1.54, 1.807) is 4.90 Å². The summed E-state index contributed by atoms with van der Waals surface area (Å²) in [6.45, 7) is 8.55. The Labute approximate surface area is 115 Å². The van der Waals surface area contributed by atoms with Gasteiger partial charge in [-0.15, -0.1) is 0 Å². The van der Waals surface area contributed by atoms with Crippen LogP contribution in [0.3, 0.4) is 0 Å². The van der Waals surface area contributed by atoms with Crippen LogP contribution in [0.4, 0.5) is 4.79 Å². The molecule has 1 saturated carbocycles. The van der Waals surface area contributed by atoms with Crippen molar-refractivity contribution in [2.75, 3.05) is 6.54 Å². The fourth-order valence-corrected chi connectivity index (χ4v) is 2.03. The van der Waals surface area contributed by atoms with E-state index in [0.717, 1.165) is 6.54 Å². The first-order chi connectivity index (χ1) is 8.81. The standard InChI is InChI=1S/C14H26N2O3/c1-9(2)7-12(13(17)18)15-14(19)16(10(3)4)8-11-5-6-11/h9-12H,5-8H2,1-4H3,(H,15,19)(H,17,18)/t12-/m0/s1. The third kappa shape index (κ3) is 5.49. The molecule has 5 nitrogen and oxygen atoms in total. The molecule has 1 atom stereocenters. The number of rotatable bonds is 7. The van der Waals surface area contributed by atoms with Crippen LogP contribution in [-0.4, -0.2) is 40.6 Å². The Kier molecular flexibility index (Phi) is 5.63. The zero-order valence-corrected chi connectivity index (χ0v) is 12.3. The normalized spacial score (nSPS) is 16.5. The third-order valence-electron chi connectivity index (χ3n) is 3.34. The highest BCUT2D eigenvalue weighted by atomic mass is 16.4. The maximum Gasteiger partial charge on any atom is 0.326 e. The van der Waals surface area contributed by atoms with Crippen LogP contribution in [-0.2, 0) is 4.79 Å². The van der Waals surface area contributed by atoms with E-state index in [2.05, 4.69) is 5.32 Å². The SMILES string of the molecule is CC(C)C[C@H](NC(=O)N(CC1CC1)C(C)C)C(=O)O. The van der Waals surface area contributed by atoms with Crippen molar-refractivity contribution in [3.63, 3.8) is 0 Å². The number of hydrogen-bond donors (Lipinski definition) is 2. The summed E-state index contributed by atoms with van der Waals surface area (Å²) >= 11 is 0. The van der Waals surface area contributed by atoms with Crippen molar-refractivity contribution >= 4 is 12.0 Å². The predicted molar refractivity (Wildman–Crippen MR) is 74.0 cm³/mol. The van der Waals surface area contributed by atoms with Crippen molar-refractivity contribution < 1.29 is 14.7 Å². The molecule has 0 aliphatic heterocycles. The Morgan fingerprint density at radius 1 is 1.26 bits per heavy atom. The molecule has 110 valence electrons. The number of nitrogens with one attached hydrogen (secondary N) is 1. The Morgan fingerprint density at radius 2 is 1.84 bits per heavy atom. The van der Waals surface area contributed by atoms with Crippen LogP contribution >= 0.6 is 0 Å². The van der Waals surface area contributed by atoms with E-state index in [1.165, 1.54) is 12.8 Å². The lowest BCUT2D eigenvalue weighted by Crippen LogP contribution is -2.51. The molecule has 1 aliphatic carbocycles. The quantitative estimate of drug-likeness (QED) is 0.746. The molecule has 1 fully saturated rings. The van der Waals surface area contributed by atoms with Gasteiger partial charge in [-0.25, -0.2) is 9.59 Å². The van der Waals surface area contributed by atoms with Crippen molar-refractivity contribution in [1.29, 1.82) is 0 Å². The first kappa shape index (κ1) is 15.8. The van der Waals surface area contributed by atoms with Gasteiger partial charge in [0.1, 0.15) is 6.04 Å². The average Bonchev–Trinajstić information content (AvgIpc) is 3.07. The van der Waals surface area contributed by atoms with Gasteiger partial charge in [-0.1, -0.05) is 13.8 Å². The van der Waals surface area contributed by atoms with Crippen LogP contribution in [0, 0.1) is 11.8 Å². The largest absolute Gasteiger partial charge is 0.480 e. The van der Waals surface area contributed by atoms with Crippen LogP contribution in [0.15, 0.2) is 0 Å². The Bertz CT molecular complexity index is 325. The molecule has 0 heterocycles. The minimum absolute atomic E-state index is 0.0918. The van der Waals surface area contributed by atoms with E-state index < -0.39 is 12.0 Å². The first-order valence-corrected chi connectivity index (χ1v) is 7.11. The van der Waals surface area contributed by atoms with Gasteiger partial charge in [0.2, 0.25) is 0 Å². The minimum Gasteiger partial charge on any atom is -0.480 e. The molecule has 2 N–H and O–H groups in total. The number of amides is 2. The van der Waals surface area contributed by atoms with Crippen molar-refractivity contribution in [2.45, 2.75) is 59.0 Å². The van der Waals surface area contributed by atoms with E-state index in [4.69, 9.17) is 5.11 Å². The summed E-state index contributed by atoms with van der Waals surface area (Å²) in [7, 11) is 0. The molecule has 0 radical (unpaired) electrons. The predicted octanol–water partition coefficient (Wildman–Crippen LogP) is 2.32. The molecule has 1 aliphatic rings. The Balaban J connectivity index is 2.58. The molecule has 0 aromatic rings. The number of carbonyl (C=O) groups excluding carboxylic acids is 1. The molecule has 0 bridgehead atoms. The summed E-state index contributed by atoms with van der Waals surface area (Å²) in [6.07, 6.45) is 2.80.